The fraction of sp³-hybridized carbons (Fsp3) is 0.231. The van der Waals surface area contributed by atoms with Crippen LogP contribution in [0.5, 0.6) is 5.75 Å². The maximum Gasteiger partial charge on any atom is 0.126 e. The normalized spacial score (nSPS) is 12.7. The van der Waals surface area contributed by atoms with Gasteiger partial charge >= 0.3 is 0 Å². The topological polar surface area (TPSA) is 35.2 Å². The van der Waals surface area contributed by atoms with Crippen molar-refractivity contribution in [1.82, 2.24) is 0 Å². The van der Waals surface area contributed by atoms with E-state index in [1.165, 1.54) is 0 Å². The summed E-state index contributed by atoms with van der Waals surface area (Å²) < 4.78 is 5.51. The summed E-state index contributed by atoms with van der Waals surface area (Å²) in [5.41, 5.74) is 6.69. The maximum atomic E-state index is 5.65. The van der Waals surface area contributed by atoms with Crippen LogP contribution in [-0.4, -0.2) is 12.6 Å². The summed E-state index contributed by atoms with van der Waals surface area (Å²) in [7, 11) is 0. The van der Waals surface area contributed by atoms with Crippen LogP contribution < -0.4 is 10.5 Å². The molecule has 0 heterocycles. The molecular weight excluding hydrogens is 186 g/mol. The third-order valence-corrected chi connectivity index (χ3v) is 1.86. The Morgan fingerprint density at radius 3 is 2.87 bits per heavy atom. The second-order valence-corrected chi connectivity index (χ2v) is 3.36. The molecule has 1 unspecified atom stereocenters. The lowest BCUT2D eigenvalue weighted by atomic mass is 10.1. The number of hydrogen-bond acceptors (Lipinski definition) is 2. The van der Waals surface area contributed by atoms with Gasteiger partial charge in [0, 0.05) is 11.6 Å². The van der Waals surface area contributed by atoms with Gasteiger partial charge in [0.1, 0.15) is 12.4 Å². The van der Waals surface area contributed by atoms with Crippen molar-refractivity contribution in [2.24, 2.45) is 5.73 Å². The highest BCUT2D eigenvalue weighted by molar-refractivity contribution is 5.57. The molecule has 0 saturated heterocycles. The van der Waals surface area contributed by atoms with Gasteiger partial charge in [-0.3, -0.25) is 0 Å². The monoisotopic (exact) mass is 203 g/mol. The molecule has 2 nitrogen and oxygen atoms in total. The fourth-order valence-corrected chi connectivity index (χ4v) is 1.15. The van der Waals surface area contributed by atoms with E-state index >= 15 is 0 Å². The number of benzene rings is 1. The molecule has 0 fully saturated rings. The Bertz CT molecular complexity index is 342. The highest BCUT2D eigenvalue weighted by atomic mass is 16.5. The molecule has 15 heavy (non-hydrogen) atoms. The summed E-state index contributed by atoms with van der Waals surface area (Å²) in [6.07, 6.45) is 5.64. The minimum absolute atomic E-state index is 0.0532. The van der Waals surface area contributed by atoms with E-state index < -0.39 is 0 Å². The minimum atomic E-state index is 0.0532. The molecule has 0 amide bonds. The third kappa shape index (κ3) is 4.00. The highest BCUT2D eigenvalue weighted by Gasteiger charge is 1.98. The molecule has 1 atom stereocenters. The SMILES string of the molecule is C=CCOc1ccccc1/C=C/C(C)N. The number of para-hydroxylation sites is 1. The summed E-state index contributed by atoms with van der Waals surface area (Å²) in [5.74, 6) is 0.856. The first-order valence-electron chi connectivity index (χ1n) is 5.00. The average Bonchev–Trinajstić information content (AvgIpc) is 2.24. The van der Waals surface area contributed by atoms with Crippen LogP contribution in [0.2, 0.25) is 0 Å². The third-order valence-electron chi connectivity index (χ3n) is 1.86. The van der Waals surface area contributed by atoms with Crippen LogP contribution in [0, 0.1) is 0 Å². The summed E-state index contributed by atoms with van der Waals surface area (Å²) in [5, 5.41) is 0. The lowest BCUT2D eigenvalue weighted by molar-refractivity contribution is 0.362. The van der Waals surface area contributed by atoms with Gasteiger partial charge in [-0.15, -0.1) is 0 Å². The largest absolute Gasteiger partial charge is 0.489 e. The van der Waals surface area contributed by atoms with Crippen LogP contribution in [0.4, 0.5) is 0 Å². The highest BCUT2D eigenvalue weighted by Crippen LogP contribution is 2.19. The smallest absolute Gasteiger partial charge is 0.126 e. The van der Waals surface area contributed by atoms with E-state index in [0.717, 1.165) is 11.3 Å². The number of nitrogens with two attached hydrogens (primary N) is 1. The Hall–Kier alpha value is -1.54. The van der Waals surface area contributed by atoms with Gasteiger partial charge in [-0.2, -0.15) is 0 Å². The quantitative estimate of drug-likeness (QED) is 0.746. The Balaban J connectivity index is 2.81. The Morgan fingerprint density at radius 2 is 2.20 bits per heavy atom. The lowest BCUT2D eigenvalue weighted by Crippen LogP contribution is -2.09. The van der Waals surface area contributed by atoms with Crippen LogP contribution in [0.3, 0.4) is 0 Å². The molecule has 80 valence electrons. The van der Waals surface area contributed by atoms with Crippen molar-refractivity contribution in [3.05, 3.63) is 48.6 Å². The standard InChI is InChI=1S/C13H17NO/c1-3-10-15-13-7-5-4-6-12(13)9-8-11(2)14/h3-9,11H,1,10,14H2,2H3/b9-8+. The van der Waals surface area contributed by atoms with Gasteiger partial charge in [-0.1, -0.05) is 43.0 Å². The van der Waals surface area contributed by atoms with E-state index in [-0.39, 0.29) is 6.04 Å². The summed E-state index contributed by atoms with van der Waals surface area (Å²) in [6, 6.07) is 7.91. The van der Waals surface area contributed by atoms with Gasteiger partial charge in [0.05, 0.1) is 0 Å². The van der Waals surface area contributed by atoms with Gasteiger partial charge in [0.2, 0.25) is 0 Å². The van der Waals surface area contributed by atoms with Crippen molar-refractivity contribution in [3.8, 4) is 5.75 Å². The first-order chi connectivity index (χ1) is 7.24. The number of hydrogen-bond donors (Lipinski definition) is 1. The molecule has 0 aromatic heterocycles. The minimum Gasteiger partial charge on any atom is -0.489 e. The van der Waals surface area contributed by atoms with E-state index in [2.05, 4.69) is 6.58 Å². The average molecular weight is 203 g/mol. The van der Waals surface area contributed by atoms with Crippen molar-refractivity contribution in [3.63, 3.8) is 0 Å². The molecular formula is C13H17NO. The van der Waals surface area contributed by atoms with E-state index in [0.29, 0.717) is 6.61 Å². The maximum absolute atomic E-state index is 5.65. The van der Waals surface area contributed by atoms with Crippen LogP contribution in [0.25, 0.3) is 6.08 Å². The van der Waals surface area contributed by atoms with E-state index in [1.807, 2.05) is 43.3 Å². The van der Waals surface area contributed by atoms with E-state index in [1.54, 1.807) is 6.08 Å². The van der Waals surface area contributed by atoms with Crippen molar-refractivity contribution in [2.75, 3.05) is 6.61 Å². The van der Waals surface area contributed by atoms with Gasteiger partial charge in [-0.25, -0.2) is 0 Å². The van der Waals surface area contributed by atoms with Gasteiger partial charge in [-0.05, 0) is 13.0 Å². The van der Waals surface area contributed by atoms with Crippen molar-refractivity contribution < 1.29 is 4.74 Å². The zero-order chi connectivity index (χ0) is 11.1. The molecule has 0 saturated carbocycles. The first-order valence-corrected chi connectivity index (χ1v) is 5.00. The molecule has 2 heteroatoms. The lowest BCUT2D eigenvalue weighted by Gasteiger charge is -2.06. The Labute approximate surface area is 91.1 Å². The van der Waals surface area contributed by atoms with Crippen molar-refractivity contribution >= 4 is 6.08 Å². The van der Waals surface area contributed by atoms with Gasteiger partial charge in [0.25, 0.3) is 0 Å². The Morgan fingerprint density at radius 1 is 1.47 bits per heavy atom. The molecule has 0 bridgehead atoms. The predicted octanol–water partition coefficient (Wildman–Crippen LogP) is 2.61. The van der Waals surface area contributed by atoms with E-state index in [4.69, 9.17) is 10.5 Å². The van der Waals surface area contributed by atoms with Crippen LogP contribution in [-0.2, 0) is 0 Å². The van der Waals surface area contributed by atoms with Crippen LogP contribution in [0.15, 0.2) is 43.0 Å². The second kappa shape index (κ2) is 6.04. The fourth-order valence-electron chi connectivity index (χ4n) is 1.15. The second-order valence-electron chi connectivity index (χ2n) is 3.36. The summed E-state index contributed by atoms with van der Waals surface area (Å²) in [6.45, 7) is 6.07. The van der Waals surface area contributed by atoms with Crippen molar-refractivity contribution in [2.45, 2.75) is 13.0 Å². The zero-order valence-electron chi connectivity index (χ0n) is 9.02. The molecule has 0 radical (unpaired) electrons. The Kier molecular flexibility index (Phi) is 4.64. The van der Waals surface area contributed by atoms with Crippen LogP contribution in [0.1, 0.15) is 12.5 Å². The molecule has 0 spiro atoms. The van der Waals surface area contributed by atoms with E-state index in [9.17, 15) is 0 Å². The predicted molar refractivity (Wildman–Crippen MR) is 64.8 cm³/mol. The molecule has 1 aromatic carbocycles. The molecule has 2 N–H and O–H groups in total. The number of ether oxygens (including phenoxy) is 1. The molecule has 1 aromatic rings. The summed E-state index contributed by atoms with van der Waals surface area (Å²) >= 11 is 0. The molecule has 0 aliphatic heterocycles. The zero-order valence-corrected chi connectivity index (χ0v) is 9.02. The van der Waals surface area contributed by atoms with Gasteiger partial charge in [0.15, 0.2) is 0 Å². The molecule has 0 aliphatic rings. The summed E-state index contributed by atoms with van der Waals surface area (Å²) in [4.78, 5) is 0. The van der Waals surface area contributed by atoms with Crippen molar-refractivity contribution in [1.29, 1.82) is 0 Å². The van der Waals surface area contributed by atoms with Gasteiger partial charge < -0.3 is 10.5 Å². The molecule has 1 rings (SSSR count). The molecule has 0 aliphatic carbocycles. The first kappa shape index (κ1) is 11.5. The van der Waals surface area contributed by atoms with Crippen LogP contribution >= 0.6 is 0 Å². The number of rotatable bonds is 5.